The molecule has 0 aliphatic rings. The number of rotatable bonds is 9. The Hall–Kier alpha value is -1.84. The van der Waals surface area contributed by atoms with Gasteiger partial charge in [-0.15, -0.1) is 12.4 Å². The Bertz CT molecular complexity index is 643. The summed E-state index contributed by atoms with van der Waals surface area (Å²) >= 11 is 0. The van der Waals surface area contributed by atoms with E-state index in [9.17, 15) is 4.79 Å². The summed E-state index contributed by atoms with van der Waals surface area (Å²) in [5, 5.41) is 3.41. The van der Waals surface area contributed by atoms with Crippen LogP contribution in [0.25, 0.3) is 11.1 Å². The van der Waals surface area contributed by atoms with Crippen molar-refractivity contribution in [2.45, 2.75) is 45.1 Å². The second kappa shape index (κ2) is 10.9. The molecule has 0 aromatic heterocycles. The number of unbranched alkanes of at least 4 members (excludes halogenated alkanes) is 1. The number of nitrogens with two attached hydrogens (primary N) is 1. The molecule has 4 heteroatoms. The van der Waals surface area contributed by atoms with Crippen LogP contribution in [0.3, 0.4) is 0 Å². The van der Waals surface area contributed by atoms with Crippen LogP contribution in [-0.4, -0.2) is 18.5 Å². The molecule has 2 aromatic carbocycles. The van der Waals surface area contributed by atoms with Crippen LogP contribution < -0.4 is 11.1 Å². The lowest BCUT2D eigenvalue weighted by molar-refractivity contribution is -0.119. The summed E-state index contributed by atoms with van der Waals surface area (Å²) in [4.78, 5) is 12.1. The van der Waals surface area contributed by atoms with Crippen molar-refractivity contribution < 1.29 is 4.79 Å². The number of halogens is 1. The van der Waals surface area contributed by atoms with Gasteiger partial charge in [0.2, 0.25) is 5.91 Å². The largest absolute Gasteiger partial charge is 0.369 e. The molecule has 0 saturated carbocycles. The Kier molecular flexibility index (Phi) is 9.25. The van der Waals surface area contributed by atoms with Crippen molar-refractivity contribution in [1.29, 1.82) is 0 Å². The molecule has 0 bridgehead atoms. The van der Waals surface area contributed by atoms with Gasteiger partial charge in [-0.05, 0) is 36.1 Å². The van der Waals surface area contributed by atoms with Gasteiger partial charge in [0.15, 0.2) is 0 Å². The van der Waals surface area contributed by atoms with Crippen LogP contribution >= 0.6 is 12.4 Å². The second-order valence-electron chi connectivity index (χ2n) is 6.51. The average molecular weight is 361 g/mol. The summed E-state index contributed by atoms with van der Waals surface area (Å²) in [6, 6.07) is 18.8. The van der Waals surface area contributed by atoms with E-state index in [1.54, 1.807) is 0 Å². The van der Waals surface area contributed by atoms with E-state index >= 15 is 0 Å². The maximum Gasteiger partial charge on any atom is 0.224 e. The van der Waals surface area contributed by atoms with Gasteiger partial charge in [0, 0.05) is 6.04 Å². The molecule has 0 fully saturated rings. The molecule has 2 rings (SSSR count). The number of nitrogens with one attached hydrogen (secondary N) is 1. The van der Waals surface area contributed by atoms with Crippen LogP contribution in [0.5, 0.6) is 0 Å². The Morgan fingerprint density at radius 2 is 1.64 bits per heavy atom. The molecule has 0 radical (unpaired) electrons. The topological polar surface area (TPSA) is 55.1 Å². The summed E-state index contributed by atoms with van der Waals surface area (Å²) in [5.41, 5.74) is 8.98. The molecule has 25 heavy (non-hydrogen) atoms. The molecule has 0 spiro atoms. The number of primary amides is 1. The third-order valence-electron chi connectivity index (χ3n) is 4.24. The summed E-state index contributed by atoms with van der Waals surface area (Å²) in [6.45, 7) is 5.26. The Balaban J connectivity index is 0.00000312. The van der Waals surface area contributed by atoms with Gasteiger partial charge in [0.1, 0.15) is 0 Å². The zero-order valence-corrected chi connectivity index (χ0v) is 15.9. The molecule has 136 valence electrons. The third-order valence-corrected chi connectivity index (χ3v) is 4.24. The molecular weight excluding hydrogens is 332 g/mol. The Morgan fingerprint density at radius 3 is 2.28 bits per heavy atom. The van der Waals surface area contributed by atoms with Crippen molar-refractivity contribution in [1.82, 2.24) is 5.32 Å². The monoisotopic (exact) mass is 360 g/mol. The highest BCUT2D eigenvalue weighted by molar-refractivity contribution is 5.85. The molecule has 1 atom stereocenters. The fraction of sp³-hybridized carbons (Fsp3) is 0.381. The van der Waals surface area contributed by atoms with Crippen molar-refractivity contribution in [3.63, 3.8) is 0 Å². The lowest BCUT2D eigenvalue weighted by Gasteiger charge is -2.18. The fourth-order valence-corrected chi connectivity index (χ4v) is 3.00. The molecule has 0 aliphatic heterocycles. The van der Waals surface area contributed by atoms with E-state index in [2.05, 4.69) is 37.4 Å². The van der Waals surface area contributed by atoms with E-state index in [-0.39, 0.29) is 24.2 Å². The lowest BCUT2D eigenvalue weighted by Crippen LogP contribution is -2.25. The van der Waals surface area contributed by atoms with Crippen LogP contribution in [0, 0.1) is 0 Å². The first kappa shape index (κ1) is 21.2. The minimum Gasteiger partial charge on any atom is -0.369 e. The van der Waals surface area contributed by atoms with Crippen molar-refractivity contribution in [3.05, 3.63) is 60.2 Å². The average Bonchev–Trinajstić information content (AvgIpc) is 2.58. The first-order chi connectivity index (χ1) is 11.6. The normalized spacial score (nSPS) is 11.8. The van der Waals surface area contributed by atoms with E-state index in [0.717, 1.165) is 42.5 Å². The Morgan fingerprint density at radius 1 is 1.00 bits per heavy atom. The first-order valence-electron chi connectivity index (χ1n) is 8.76. The van der Waals surface area contributed by atoms with Crippen LogP contribution in [-0.2, 0) is 4.79 Å². The van der Waals surface area contributed by atoms with E-state index in [1.807, 2.05) is 36.4 Å². The van der Waals surface area contributed by atoms with Crippen LogP contribution in [0.1, 0.15) is 44.6 Å². The smallest absolute Gasteiger partial charge is 0.224 e. The molecule has 0 aliphatic carbocycles. The zero-order chi connectivity index (χ0) is 17.4. The van der Waals surface area contributed by atoms with Gasteiger partial charge >= 0.3 is 0 Å². The minimum atomic E-state index is -0.241. The minimum absolute atomic E-state index is 0. The highest BCUT2D eigenvalue weighted by Crippen LogP contribution is 2.31. The van der Waals surface area contributed by atoms with Gasteiger partial charge in [-0.1, -0.05) is 74.9 Å². The third kappa shape index (κ3) is 6.52. The van der Waals surface area contributed by atoms with Crippen molar-refractivity contribution in [2.75, 3.05) is 6.54 Å². The van der Waals surface area contributed by atoms with Crippen molar-refractivity contribution in [2.24, 2.45) is 5.73 Å². The maximum atomic E-state index is 12.1. The van der Waals surface area contributed by atoms with Crippen molar-refractivity contribution in [3.8, 4) is 11.1 Å². The number of amides is 1. The molecule has 2 aromatic rings. The quantitative estimate of drug-likeness (QED) is 0.646. The fourth-order valence-electron chi connectivity index (χ4n) is 3.00. The second-order valence-corrected chi connectivity index (χ2v) is 6.51. The van der Waals surface area contributed by atoms with Crippen LogP contribution in [0.2, 0.25) is 0 Å². The maximum absolute atomic E-state index is 12.1. The number of carbonyl (C=O) groups is 1. The predicted octanol–water partition coefficient (Wildman–Crippen LogP) is 4.51. The Labute approximate surface area is 157 Å². The lowest BCUT2D eigenvalue weighted by atomic mass is 9.87. The standard InChI is InChI=1S/C21H28N2O.ClH/c1-16(2)23-15-9-8-14-20(21(22)24)19-13-7-6-12-18(19)17-10-4-3-5-11-17;/h3-7,10-13,16,20,23H,8-9,14-15H2,1-2H3,(H2,22,24);1H. The number of benzene rings is 2. The molecule has 0 saturated heterocycles. The molecule has 1 amide bonds. The zero-order valence-electron chi connectivity index (χ0n) is 15.1. The SMILES string of the molecule is CC(C)NCCCCC(C(N)=O)c1ccccc1-c1ccccc1.Cl. The molecule has 3 nitrogen and oxygen atoms in total. The van der Waals surface area contributed by atoms with Gasteiger partial charge < -0.3 is 11.1 Å². The summed E-state index contributed by atoms with van der Waals surface area (Å²) in [6.07, 6.45) is 2.82. The van der Waals surface area contributed by atoms with Gasteiger partial charge in [-0.25, -0.2) is 0 Å². The number of hydrogen-bond acceptors (Lipinski definition) is 2. The van der Waals surface area contributed by atoms with Gasteiger partial charge in [0.05, 0.1) is 5.92 Å². The van der Waals surface area contributed by atoms with Crippen LogP contribution in [0.15, 0.2) is 54.6 Å². The first-order valence-corrected chi connectivity index (χ1v) is 8.76. The molecule has 3 N–H and O–H groups in total. The molecule has 0 heterocycles. The number of hydrogen-bond donors (Lipinski definition) is 2. The van der Waals surface area contributed by atoms with E-state index < -0.39 is 0 Å². The highest BCUT2D eigenvalue weighted by atomic mass is 35.5. The predicted molar refractivity (Wildman–Crippen MR) is 108 cm³/mol. The molecule has 1 unspecified atom stereocenters. The summed E-state index contributed by atoms with van der Waals surface area (Å²) in [5.74, 6) is -0.476. The van der Waals surface area contributed by atoms with Crippen LogP contribution in [0.4, 0.5) is 0 Å². The van der Waals surface area contributed by atoms with E-state index in [1.165, 1.54) is 0 Å². The van der Waals surface area contributed by atoms with E-state index in [4.69, 9.17) is 5.73 Å². The van der Waals surface area contributed by atoms with Gasteiger partial charge in [-0.3, -0.25) is 4.79 Å². The summed E-state index contributed by atoms with van der Waals surface area (Å²) < 4.78 is 0. The van der Waals surface area contributed by atoms with Gasteiger partial charge in [-0.2, -0.15) is 0 Å². The molecular formula is C21H29ClN2O. The van der Waals surface area contributed by atoms with E-state index in [0.29, 0.717) is 6.04 Å². The van der Waals surface area contributed by atoms with Crippen molar-refractivity contribution >= 4 is 18.3 Å². The highest BCUT2D eigenvalue weighted by Gasteiger charge is 2.20. The summed E-state index contributed by atoms with van der Waals surface area (Å²) in [7, 11) is 0. The van der Waals surface area contributed by atoms with Gasteiger partial charge in [0.25, 0.3) is 0 Å². The number of carbonyl (C=O) groups excluding carboxylic acids is 1.